The first-order valence-electron chi connectivity index (χ1n) is 5.86. The Hall–Kier alpha value is -1.14. The van der Waals surface area contributed by atoms with E-state index in [9.17, 15) is 13.2 Å². The van der Waals surface area contributed by atoms with Gasteiger partial charge in [-0.25, -0.2) is 0 Å². The molecule has 6 heteroatoms. The van der Waals surface area contributed by atoms with E-state index < -0.39 is 12.1 Å². The van der Waals surface area contributed by atoms with Crippen LogP contribution in [0.3, 0.4) is 0 Å². The molecule has 0 fully saturated rings. The van der Waals surface area contributed by atoms with E-state index >= 15 is 0 Å². The van der Waals surface area contributed by atoms with E-state index in [1.54, 1.807) is 23.2 Å². The van der Waals surface area contributed by atoms with Crippen molar-refractivity contribution in [2.75, 3.05) is 19.6 Å². The number of hydrogen-bond acceptors (Lipinski definition) is 3. The summed E-state index contributed by atoms with van der Waals surface area (Å²) in [5, 5.41) is 0. The summed E-state index contributed by atoms with van der Waals surface area (Å²) < 4.78 is 37.9. The summed E-state index contributed by atoms with van der Waals surface area (Å²) >= 11 is 0. The molecule has 0 amide bonds. The second kappa shape index (κ2) is 6.70. The summed E-state index contributed by atoms with van der Waals surface area (Å²) in [6.45, 7) is 2.29. The van der Waals surface area contributed by atoms with Gasteiger partial charge in [-0.15, -0.1) is 0 Å². The third-order valence-corrected chi connectivity index (χ3v) is 2.78. The van der Waals surface area contributed by atoms with Crippen molar-refractivity contribution in [3.63, 3.8) is 0 Å². The number of rotatable bonds is 6. The lowest BCUT2D eigenvalue weighted by Gasteiger charge is -2.26. The molecule has 0 saturated carbocycles. The van der Waals surface area contributed by atoms with E-state index in [-0.39, 0.29) is 13.1 Å². The average Bonchev–Trinajstić information content (AvgIpc) is 2.34. The normalized spacial score (nSPS) is 13.9. The van der Waals surface area contributed by atoms with Gasteiger partial charge in [0.05, 0.1) is 11.6 Å². The van der Waals surface area contributed by atoms with Gasteiger partial charge in [0, 0.05) is 25.8 Å². The summed E-state index contributed by atoms with van der Waals surface area (Å²) in [4.78, 5) is 5.81. The first kappa shape index (κ1) is 14.9. The van der Waals surface area contributed by atoms with E-state index in [0.29, 0.717) is 13.1 Å². The van der Waals surface area contributed by atoms with Crippen LogP contribution >= 0.6 is 0 Å². The standard InChI is InChI=1S/C12H18F3N3/c1-2-18(8-10(7-16)12(13,14)15)9-11-5-3-4-6-17-11/h3-6,10H,2,7-9,16H2,1H3. The fourth-order valence-electron chi connectivity index (χ4n) is 1.65. The second-order valence-corrected chi connectivity index (χ2v) is 4.12. The van der Waals surface area contributed by atoms with Gasteiger partial charge in [0.25, 0.3) is 0 Å². The van der Waals surface area contributed by atoms with Gasteiger partial charge in [-0.3, -0.25) is 9.88 Å². The van der Waals surface area contributed by atoms with Gasteiger partial charge in [0.1, 0.15) is 0 Å². The lowest BCUT2D eigenvalue weighted by atomic mass is 10.1. The van der Waals surface area contributed by atoms with Gasteiger partial charge in [0.2, 0.25) is 0 Å². The van der Waals surface area contributed by atoms with Crippen molar-refractivity contribution in [3.8, 4) is 0 Å². The van der Waals surface area contributed by atoms with Crippen molar-refractivity contribution < 1.29 is 13.2 Å². The molecule has 2 N–H and O–H groups in total. The molecule has 0 aliphatic rings. The van der Waals surface area contributed by atoms with Crippen molar-refractivity contribution in [1.82, 2.24) is 9.88 Å². The third kappa shape index (κ3) is 4.62. The highest BCUT2D eigenvalue weighted by Crippen LogP contribution is 2.26. The molecule has 1 heterocycles. The number of nitrogens with two attached hydrogens (primary N) is 1. The van der Waals surface area contributed by atoms with Crippen LogP contribution in [0.1, 0.15) is 12.6 Å². The SMILES string of the molecule is CCN(Cc1ccccn1)CC(CN)C(F)(F)F. The lowest BCUT2D eigenvalue weighted by molar-refractivity contribution is -0.176. The Morgan fingerprint density at radius 1 is 1.39 bits per heavy atom. The van der Waals surface area contributed by atoms with Crippen molar-refractivity contribution in [2.45, 2.75) is 19.6 Å². The van der Waals surface area contributed by atoms with E-state index in [4.69, 9.17) is 5.73 Å². The molecule has 0 aliphatic carbocycles. The van der Waals surface area contributed by atoms with E-state index in [1.807, 2.05) is 13.0 Å². The minimum atomic E-state index is -4.24. The Morgan fingerprint density at radius 3 is 2.56 bits per heavy atom. The number of alkyl halides is 3. The largest absolute Gasteiger partial charge is 0.394 e. The zero-order valence-corrected chi connectivity index (χ0v) is 10.3. The maximum absolute atomic E-state index is 12.6. The monoisotopic (exact) mass is 261 g/mol. The molecular formula is C12H18F3N3. The fourth-order valence-corrected chi connectivity index (χ4v) is 1.65. The predicted molar refractivity (Wildman–Crippen MR) is 63.8 cm³/mol. The minimum Gasteiger partial charge on any atom is -0.330 e. The molecule has 102 valence electrons. The van der Waals surface area contributed by atoms with Crippen molar-refractivity contribution in [2.24, 2.45) is 11.7 Å². The predicted octanol–water partition coefficient (Wildman–Crippen LogP) is 2.04. The van der Waals surface area contributed by atoms with Crippen LogP contribution in [0.2, 0.25) is 0 Å². The molecule has 1 unspecified atom stereocenters. The Balaban J connectivity index is 2.62. The van der Waals surface area contributed by atoms with Gasteiger partial charge in [-0.1, -0.05) is 13.0 Å². The Bertz CT molecular complexity index is 340. The van der Waals surface area contributed by atoms with Crippen LogP contribution in [0.15, 0.2) is 24.4 Å². The molecule has 0 saturated heterocycles. The number of pyridine rings is 1. The molecule has 1 aromatic rings. The van der Waals surface area contributed by atoms with Gasteiger partial charge in [0.15, 0.2) is 0 Å². The molecule has 1 rings (SSSR count). The maximum Gasteiger partial charge on any atom is 0.394 e. The van der Waals surface area contributed by atoms with Crippen LogP contribution < -0.4 is 5.73 Å². The minimum absolute atomic E-state index is 0.0902. The molecule has 3 nitrogen and oxygen atoms in total. The highest BCUT2D eigenvalue weighted by molar-refractivity contribution is 5.03. The molecule has 18 heavy (non-hydrogen) atoms. The average molecular weight is 261 g/mol. The summed E-state index contributed by atoms with van der Waals surface area (Å²) in [7, 11) is 0. The van der Waals surface area contributed by atoms with Gasteiger partial charge >= 0.3 is 6.18 Å². The summed E-state index contributed by atoms with van der Waals surface area (Å²) in [6.07, 6.45) is -2.61. The van der Waals surface area contributed by atoms with Crippen LogP contribution in [0.25, 0.3) is 0 Å². The van der Waals surface area contributed by atoms with E-state index in [0.717, 1.165) is 5.69 Å². The van der Waals surface area contributed by atoms with Gasteiger partial charge < -0.3 is 5.73 Å². The number of nitrogens with zero attached hydrogens (tertiary/aromatic N) is 2. The van der Waals surface area contributed by atoms with E-state index in [1.165, 1.54) is 0 Å². The molecule has 0 bridgehead atoms. The molecule has 1 atom stereocenters. The summed E-state index contributed by atoms with van der Waals surface area (Å²) in [5.41, 5.74) is 5.95. The maximum atomic E-state index is 12.6. The van der Waals surface area contributed by atoms with Gasteiger partial charge in [-0.05, 0) is 18.7 Å². The van der Waals surface area contributed by atoms with Crippen molar-refractivity contribution >= 4 is 0 Å². The Labute approximate surface area is 105 Å². The lowest BCUT2D eigenvalue weighted by Crippen LogP contribution is -2.40. The smallest absolute Gasteiger partial charge is 0.330 e. The number of halogens is 3. The highest BCUT2D eigenvalue weighted by Gasteiger charge is 2.39. The first-order valence-corrected chi connectivity index (χ1v) is 5.86. The second-order valence-electron chi connectivity index (χ2n) is 4.12. The van der Waals surface area contributed by atoms with Crippen molar-refractivity contribution in [3.05, 3.63) is 30.1 Å². The summed E-state index contributed by atoms with van der Waals surface area (Å²) in [6, 6.07) is 5.40. The number of hydrogen-bond donors (Lipinski definition) is 1. The van der Waals surface area contributed by atoms with E-state index in [2.05, 4.69) is 4.98 Å². The number of aromatic nitrogens is 1. The molecular weight excluding hydrogens is 243 g/mol. The first-order chi connectivity index (χ1) is 8.47. The fraction of sp³-hybridized carbons (Fsp3) is 0.583. The summed E-state index contributed by atoms with van der Waals surface area (Å²) in [5.74, 6) is -1.49. The Morgan fingerprint density at radius 2 is 2.11 bits per heavy atom. The third-order valence-electron chi connectivity index (χ3n) is 2.78. The molecule has 0 radical (unpaired) electrons. The Kier molecular flexibility index (Phi) is 5.55. The molecule has 1 aromatic heterocycles. The van der Waals surface area contributed by atoms with Crippen LogP contribution in [0.4, 0.5) is 13.2 Å². The van der Waals surface area contributed by atoms with Crippen LogP contribution in [-0.4, -0.2) is 35.7 Å². The van der Waals surface area contributed by atoms with Crippen LogP contribution in [-0.2, 0) is 6.54 Å². The highest BCUT2D eigenvalue weighted by atomic mass is 19.4. The topological polar surface area (TPSA) is 42.2 Å². The zero-order chi connectivity index (χ0) is 13.6. The molecule has 0 aliphatic heterocycles. The van der Waals surface area contributed by atoms with Gasteiger partial charge in [-0.2, -0.15) is 13.2 Å². The quantitative estimate of drug-likeness (QED) is 0.852. The van der Waals surface area contributed by atoms with Crippen LogP contribution in [0.5, 0.6) is 0 Å². The zero-order valence-electron chi connectivity index (χ0n) is 10.3. The van der Waals surface area contributed by atoms with Crippen LogP contribution in [0, 0.1) is 5.92 Å². The van der Waals surface area contributed by atoms with Crippen molar-refractivity contribution in [1.29, 1.82) is 0 Å². The molecule has 0 aromatic carbocycles. The molecule has 0 spiro atoms.